The Kier molecular flexibility index (Phi) is 4.01. The van der Waals surface area contributed by atoms with E-state index in [-0.39, 0.29) is 17.2 Å². The van der Waals surface area contributed by atoms with Crippen molar-refractivity contribution < 1.29 is 31.1 Å². The minimum Gasteiger partial charge on any atom is -0.406 e. The van der Waals surface area contributed by atoms with Crippen LogP contribution in [0.2, 0.25) is 0 Å². The molecule has 0 saturated carbocycles. The maximum atomic E-state index is 12.5. The normalized spacial score (nSPS) is 12.6. The molecule has 0 atom stereocenters. The average Bonchev–Trinajstić information content (AvgIpc) is 2.87. The predicted molar refractivity (Wildman–Crippen MR) is 72.7 cm³/mol. The Bertz CT molecular complexity index is 885. The first-order valence-corrected chi connectivity index (χ1v) is 6.73. The standard InChI is InChI=1S/C14H8F6N4O/c15-13(16,17)5-11-22-23-12-6-21-10(7-24(11)12)8-1-3-9(4-2-8)25-14(18,19)20/h1-4,6-7H,5H2. The zero-order valence-corrected chi connectivity index (χ0v) is 12.1. The third kappa shape index (κ3) is 4.17. The molecule has 0 aliphatic carbocycles. The third-order valence-electron chi connectivity index (χ3n) is 3.11. The number of nitrogens with zero attached hydrogens (tertiary/aromatic N) is 4. The Balaban J connectivity index is 1.92. The van der Waals surface area contributed by atoms with Crippen molar-refractivity contribution in [1.82, 2.24) is 19.6 Å². The van der Waals surface area contributed by atoms with E-state index >= 15 is 0 Å². The summed E-state index contributed by atoms with van der Waals surface area (Å²) in [5.74, 6) is -0.734. The quantitative estimate of drug-likeness (QED) is 0.665. The summed E-state index contributed by atoms with van der Waals surface area (Å²) in [6.45, 7) is 0. The van der Waals surface area contributed by atoms with Crippen LogP contribution in [-0.4, -0.2) is 32.1 Å². The molecule has 0 spiro atoms. The van der Waals surface area contributed by atoms with Crippen LogP contribution in [0, 0.1) is 0 Å². The van der Waals surface area contributed by atoms with E-state index in [9.17, 15) is 26.3 Å². The van der Waals surface area contributed by atoms with Gasteiger partial charge in [0.25, 0.3) is 0 Å². The summed E-state index contributed by atoms with van der Waals surface area (Å²) in [5, 5.41) is 7.08. The van der Waals surface area contributed by atoms with Gasteiger partial charge in [-0.1, -0.05) is 0 Å². The van der Waals surface area contributed by atoms with Crippen molar-refractivity contribution in [3.63, 3.8) is 0 Å². The van der Waals surface area contributed by atoms with Gasteiger partial charge in [-0.25, -0.2) is 0 Å². The second-order valence-corrected chi connectivity index (χ2v) is 4.98. The number of benzene rings is 1. The number of hydrogen-bond donors (Lipinski definition) is 0. The monoisotopic (exact) mass is 362 g/mol. The van der Waals surface area contributed by atoms with Crippen molar-refractivity contribution in [2.75, 3.05) is 0 Å². The Morgan fingerprint density at radius 1 is 0.960 bits per heavy atom. The zero-order valence-electron chi connectivity index (χ0n) is 12.1. The molecule has 0 radical (unpaired) electrons. The highest BCUT2D eigenvalue weighted by Crippen LogP contribution is 2.26. The smallest absolute Gasteiger partial charge is 0.406 e. The lowest BCUT2D eigenvalue weighted by Gasteiger charge is -2.09. The number of ether oxygens (including phenoxy) is 1. The van der Waals surface area contributed by atoms with Crippen LogP contribution in [-0.2, 0) is 6.42 Å². The number of rotatable bonds is 3. The topological polar surface area (TPSA) is 52.3 Å². The molecule has 2 aromatic heterocycles. The van der Waals surface area contributed by atoms with E-state index in [0.29, 0.717) is 5.56 Å². The van der Waals surface area contributed by atoms with E-state index in [2.05, 4.69) is 19.9 Å². The second kappa shape index (κ2) is 5.90. The molecule has 0 saturated heterocycles. The van der Waals surface area contributed by atoms with Crippen molar-refractivity contribution in [3.05, 3.63) is 42.5 Å². The number of fused-ring (bicyclic) bond motifs is 1. The fourth-order valence-corrected chi connectivity index (χ4v) is 2.13. The molecule has 2 heterocycles. The Hall–Kier alpha value is -2.85. The molecular weight excluding hydrogens is 354 g/mol. The van der Waals surface area contributed by atoms with E-state index in [1.54, 1.807) is 0 Å². The van der Waals surface area contributed by atoms with E-state index in [1.165, 1.54) is 24.5 Å². The van der Waals surface area contributed by atoms with Crippen molar-refractivity contribution in [3.8, 4) is 17.0 Å². The molecule has 11 heteroatoms. The van der Waals surface area contributed by atoms with Gasteiger partial charge in [0.05, 0.1) is 11.9 Å². The molecule has 0 aliphatic heterocycles. The molecule has 0 unspecified atom stereocenters. The lowest BCUT2D eigenvalue weighted by atomic mass is 10.1. The van der Waals surface area contributed by atoms with Crippen LogP contribution in [0.5, 0.6) is 5.75 Å². The van der Waals surface area contributed by atoms with Crippen molar-refractivity contribution in [2.45, 2.75) is 19.0 Å². The summed E-state index contributed by atoms with van der Waals surface area (Å²) < 4.78 is 79.0. The van der Waals surface area contributed by atoms with Crippen LogP contribution in [0.25, 0.3) is 16.9 Å². The molecule has 1 aromatic carbocycles. The van der Waals surface area contributed by atoms with Gasteiger partial charge in [-0.2, -0.15) is 13.2 Å². The minimum absolute atomic E-state index is 0.125. The summed E-state index contributed by atoms with van der Waals surface area (Å²) in [4.78, 5) is 4.02. The van der Waals surface area contributed by atoms with Gasteiger partial charge in [0.15, 0.2) is 5.65 Å². The van der Waals surface area contributed by atoms with Crippen LogP contribution in [0.4, 0.5) is 26.3 Å². The maximum Gasteiger partial charge on any atom is 0.573 e. The lowest BCUT2D eigenvalue weighted by molar-refractivity contribution is -0.274. The number of alkyl halides is 6. The minimum atomic E-state index is -4.81. The molecule has 0 bridgehead atoms. The predicted octanol–water partition coefficient (Wildman–Crippen LogP) is 3.79. The van der Waals surface area contributed by atoms with Crippen molar-refractivity contribution >= 4 is 5.65 Å². The van der Waals surface area contributed by atoms with Crippen molar-refractivity contribution in [2.24, 2.45) is 0 Å². The van der Waals surface area contributed by atoms with Gasteiger partial charge in [0, 0.05) is 11.8 Å². The summed E-state index contributed by atoms with van der Waals surface area (Å²) in [6, 6.07) is 4.78. The summed E-state index contributed by atoms with van der Waals surface area (Å²) >= 11 is 0. The van der Waals surface area contributed by atoms with Crippen LogP contribution in [0.3, 0.4) is 0 Å². The fraction of sp³-hybridized carbons (Fsp3) is 0.214. The molecule has 0 N–H and O–H groups in total. The average molecular weight is 362 g/mol. The van der Waals surface area contributed by atoms with Crippen molar-refractivity contribution in [1.29, 1.82) is 0 Å². The molecule has 3 aromatic rings. The molecule has 25 heavy (non-hydrogen) atoms. The Morgan fingerprint density at radius 3 is 2.24 bits per heavy atom. The highest BCUT2D eigenvalue weighted by atomic mass is 19.4. The lowest BCUT2D eigenvalue weighted by Crippen LogP contribution is -2.16. The highest BCUT2D eigenvalue weighted by Gasteiger charge is 2.31. The fourth-order valence-electron chi connectivity index (χ4n) is 2.13. The number of aromatic nitrogens is 4. The number of halogens is 6. The molecule has 0 fully saturated rings. The maximum absolute atomic E-state index is 12.5. The summed E-state index contributed by atoms with van der Waals surface area (Å²) in [7, 11) is 0. The van der Waals surface area contributed by atoms with Gasteiger partial charge < -0.3 is 4.74 Å². The van der Waals surface area contributed by atoms with Crippen LogP contribution in [0.15, 0.2) is 36.7 Å². The Labute approximate surface area is 135 Å². The third-order valence-corrected chi connectivity index (χ3v) is 3.11. The van der Waals surface area contributed by atoms with Crippen LogP contribution < -0.4 is 4.74 Å². The second-order valence-electron chi connectivity index (χ2n) is 4.98. The Morgan fingerprint density at radius 2 is 1.64 bits per heavy atom. The van der Waals surface area contributed by atoms with Crippen LogP contribution >= 0.6 is 0 Å². The van der Waals surface area contributed by atoms with E-state index in [1.807, 2.05) is 0 Å². The zero-order chi connectivity index (χ0) is 18.2. The van der Waals surface area contributed by atoms with Gasteiger partial charge in [-0.3, -0.25) is 9.38 Å². The van der Waals surface area contributed by atoms with E-state index < -0.39 is 24.7 Å². The SMILES string of the molecule is FC(F)(F)Cc1nnc2cnc(-c3ccc(OC(F)(F)F)cc3)cn12. The molecule has 0 aliphatic rings. The van der Waals surface area contributed by atoms with Gasteiger partial charge >= 0.3 is 12.5 Å². The van der Waals surface area contributed by atoms with Gasteiger partial charge in [0.2, 0.25) is 0 Å². The van der Waals surface area contributed by atoms with Gasteiger partial charge in [-0.05, 0) is 24.3 Å². The first-order valence-electron chi connectivity index (χ1n) is 6.73. The molecule has 0 amide bonds. The molecular formula is C14H8F6N4O. The van der Waals surface area contributed by atoms with Gasteiger partial charge in [-0.15, -0.1) is 23.4 Å². The summed E-state index contributed by atoms with van der Waals surface area (Å²) in [6.07, 6.45) is -8.02. The van der Waals surface area contributed by atoms with E-state index in [0.717, 1.165) is 16.5 Å². The first-order chi connectivity index (χ1) is 11.6. The first kappa shape index (κ1) is 17.0. The largest absolute Gasteiger partial charge is 0.573 e. The van der Waals surface area contributed by atoms with Gasteiger partial charge in [0.1, 0.15) is 18.0 Å². The summed E-state index contributed by atoms with van der Waals surface area (Å²) in [5.41, 5.74) is 0.761. The number of hydrogen-bond acceptors (Lipinski definition) is 4. The van der Waals surface area contributed by atoms with Crippen LogP contribution in [0.1, 0.15) is 5.82 Å². The molecule has 132 valence electrons. The highest BCUT2D eigenvalue weighted by molar-refractivity contribution is 5.60. The molecule has 3 rings (SSSR count). The van der Waals surface area contributed by atoms with E-state index in [4.69, 9.17) is 0 Å². The molecule has 5 nitrogen and oxygen atoms in total.